The number of nitrogens with zero attached hydrogens (tertiary/aromatic N) is 2. The Morgan fingerprint density at radius 1 is 1.09 bits per heavy atom. The lowest BCUT2D eigenvalue weighted by molar-refractivity contribution is 0.0341. The molecule has 2 aromatic carbocycles. The van der Waals surface area contributed by atoms with Gasteiger partial charge < -0.3 is 20.1 Å². The van der Waals surface area contributed by atoms with E-state index in [0.717, 1.165) is 64.1 Å². The fourth-order valence-electron chi connectivity index (χ4n) is 3.57. The molecule has 1 fully saturated rings. The summed E-state index contributed by atoms with van der Waals surface area (Å²) in [4.78, 5) is 7.27. The minimum Gasteiger partial charge on any atom is -0.481 e. The molecule has 0 atom stereocenters. The molecule has 1 aliphatic heterocycles. The van der Waals surface area contributed by atoms with Gasteiger partial charge in [0.05, 0.1) is 19.8 Å². The van der Waals surface area contributed by atoms with Crippen LogP contribution in [-0.4, -0.2) is 56.9 Å². The van der Waals surface area contributed by atoms with Crippen molar-refractivity contribution in [1.29, 1.82) is 0 Å². The molecular formula is C26H35IN4O2. The lowest BCUT2D eigenvalue weighted by Gasteiger charge is -2.27. The number of aliphatic imine (C=N–C) groups is 1. The molecule has 1 saturated heterocycles. The maximum Gasteiger partial charge on any atom is 0.191 e. The van der Waals surface area contributed by atoms with E-state index >= 15 is 0 Å². The topological polar surface area (TPSA) is 58.1 Å². The van der Waals surface area contributed by atoms with Crippen molar-refractivity contribution in [3.8, 4) is 18.1 Å². The van der Waals surface area contributed by atoms with Crippen LogP contribution in [0.3, 0.4) is 0 Å². The van der Waals surface area contributed by atoms with Crippen LogP contribution in [0, 0.1) is 12.3 Å². The first-order chi connectivity index (χ1) is 15.8. The summed E-state index contributed by atoms with van der Waals surface area (Å²) in [6.07, 6.45) is 6.13. The van der Waals surface area contributed by atoms with Gasteiger partial charge in [-0.05, 0) is 42.2 Å². The molecule has 0 saturated carbocycles. The number of ether oxygens (including phenoxy) is 2. The molecule has 0 aliphatic carbocycles. The van der Waals surface area contributed by atoms with Gasteiger partial charge in [0, 0.05) is 32.7 Å². The van der Waals surface area contributed by atoms with Crippen molar-refractivity contribution in [1.82, 2.24) is 15.5 Å². The molecule has 0 unspecified atom stereocenters. The molecular weight excluding hydrogens is 527 g/mol. The second kappa shape index (κ2) is 15.5. The molecule has 1 heterocycles. The van der Waals surface area contributed by atoms with Gasteiger partial charge in [0.2, 0.25) is 0 Å². The third-order valence-electron chi connectivity index (χ3n) is 5.32. The van der Waals surface area contributed by atoms with Gasteiger partial charge in [0.15, 0.2) is 5.96 Å². The van der Waals surface area contributed by atoms with E-state index < -0.39 is 0 Å². The number of rotatable bonds is 10. The van der Waals surface area contributed by atoms with E-state index in [0.29, 0.717) is 13.2 Å². The molecule has 0 bridgehead atoms. The Labute approximate surface area is 215 Å². The Bertz CT molecular complexity index is 890. The second-order valence-electron chi connectivity index (χ2n) is 7.67. The van der Waals surface area contributed by atoms with Gasteiger partial charge in [0.1, 0.15) is 12.4 Å². The van der Waals surface area contributed by atoms with Crippen molar-refractivity contribution in [2.24, 2.45) is 4.99 Å². The maximum atomic E-state index is 5.47. The Kier molecular flexibility index (Phi) is 12.7. The normalized spacial score (nSPS) is 14.1. The van der Waals surface area contributed by atoms with Gasteiger partial charge in [-0.2, -0.15) is 0 Å². The Hall–Kier alpha value is -2.28. The lowest BCUT2D eigenvalue weighted by Crippen LogP contribution is -2.38. The van der Waals surface area contributed by atoms with Crippen LogP contribution in [0.2, 0.25) is 0 Å². The summed E-state index contributed by atoms with van der Waals surface area (Å²) in [5.74, 6) is 4.11. The molecule has 1 aliphatic rings. The second-order valence-corrected chi connectivity index (χ2v) is 7.67. The standard InChI is InChI=1S/C26H34N4O2.HI/c1-3-17-32-25-11-9-22(10-12-25)13-14-28-26(27-4-2)29-20-23-7-5-6-8-24(23)21-30-15-18-31-19-16-30;/h1,5-12H,4,13-21H2,2H3,(H2,27,28,29);1H. The predicted molar refractivity (Wildman–Crippen MR) is 145 cm³/mol. The third-order valence-corrected chi connectivity index (χ3v) is 5.32. The quantitative estimate of drug-likeness (QED) is 0.201. The fourth-order valence-corrected chi connectivity index (χ4v) is 3.57. The van der Waals surface area contributed by atoms with Crippen LogP contribution >= 0.6 is 24.0 Å². The highest BCUT2D eigenvalue weighted by atomic mass is 127. The highest BCUT2D eigenvalue weighted by molar-refractivity contribution is 14.0. The summed E-state index contributed by atoms with van der Waals surface area (Å²) in [7, 11) is 0. The number of guanidine groups is 1. The summed E-state index contributed by atoms with van der Waals surface area (Å²) in [6, 6.07) is 16.6. The van der Waals surface area contributed by atoms with Gasteiger partial charge >= 0.3 is 0 Å². The summed E-state index contributed by atoms with van der Waals surface area (Å²) >= 11 is 0. The van der Waals surface area contributed by atoms with E-state index in [-0.39, 0.29) is 24.0 Å². The minimum absolute atomic E-state index is 0. The molecule has 2 N–H and O–H groups in total. The number of nitrogens with one attached hydrogen (secondary N) is 2. The van der Waals surface area contributed by atoms with E-state index in [1.54, 1.807) is 0 Å². The van der Waals surface area contributed by atoms with Crippen LogP contribution in [0.15, 0.2) is 53.5 Å². The molecule has 0 radical (unpaired) electrons. The summed E-state index contributed by atoms with van der Waals surface area (Å²) in [6.45, 7) is 9.19. The molecule has 0 aromatic heterocycles. The number of hydrogen-bond donors (Lipinski definition) is 2. The van der Waals surface area contributed by atoms with Crippen molar-refractivity contribution in [3.63, 3.8) is 0 Å². The highest BCUT2D eigenvalue weighted by Gasteiger charge is 2.12. The molecule has 0 spiro atoms. The average Bonchev–Trinajstić information content (AvgIpc) is 2.83. The monoisotopic (exact) mass is 562 g/mol. The third kappa shape index (κ3) is 9.62. The minimum atomic E-state index is 0. The molecule has 6 nitrogen and oxygen atoms in total. The van der Waals surface area contributed by atoms with Gasteiger partial charge in [-0.3, -0.25) is 4.90 Å². The van der Waals surface area contributed by atoms with E-state index in [9.17, 15) is 0 Å². The van der Waals surface area contributed by atoms with Crippen LogP contribution in [0.25, 0.3) is 0 Å². The van der Waals surface area contributed by atoms with Crippen molar-refractivity contribution >= 4 is 29.9 Å². The number of benzene rings is 2. The smallest absolute Gasteiger partial charge is 0.191 e. The molecule has 0 amide bonds. The Morgan fingerprint density at radius 2 is 1.82 bits per heavy atom. The predicted octanol–water partition coefficient (Wildman–Crippen LogP) is 3.45. The number of terminal acetylenes is 1. The summed E-state index contributed by atoms with van der Waals surface area (Å²) < 4.78 is 10.9. The van der Waals surface area contributed by atoms with Crippen molar-refractivity contribution in [2.45, 2.75) is 26.4 Å². The highest BCUT2D eigenvalue weighted by Crippen LogP contribution is 2.14. The van der Waals surface area contributed by atoms with E-state index in [1.165, 1.54) is 16.7 Å². The van der Waals surface area contributed by atoms with Crippen molar-refractivity contribution in [3.05, 3.63) is 65.2 Å². The Morgan fingerprint density at radius 3 is 2.52 bits per heavy atom. The molecule has 3 rings (SSSR count). The van der Waals surface area contributed by atoms with E-state index in [4.69, 9.17) is 20.9 Å². The summed E-state index contributed by atoms with van der Waals surface area (Å²) in [5, 5.41) is 6.79. The number of halogens is 1. The zero-order valence-corrected chi connectivity index (χ0v) is 21.7. The van der Waals surface area contributed by atoms with E-state index in [2.05, 4.69) is 64.8 Å². The molecule has 2 aromatic rings. The summed E-state index contributed by atoms with van der Waals surface area (Å²) in [5.41, 5.74) is 3.83. The van der Waals surface area contributed by atoms with Crippen molar-refractivity contribution in [2.75, 3.05) is 46.0 Å². The zero-order chi connectivity index (χ0) is 22.4. The average molecular weight is 562 g/mol. The molecule has 7 heteroatoms. The fraction of sp³-hybridized carbons (Fsp3) is 0.423. The van der Waals surface area contributed by atoms with Gasteiger partial charge in [-0.15, -0.1) is 30.4 Å². The Balaban J connectivity index is 0.00000385. The molecule has 33 heavy (non-hydrogen) atoms. The van der Waals surface area contributed by atoms with Gasteiger partial charge in [-0.25, -0.2) is 4.99 Å². The molecule has 178 valence electrons. The van der Waals surface area contributed by atoms with Crippen LogP contribution in [0.5, 0.6) is 5.75 Å². The maximum absolute atomic E-state index is 5.47. The van der Waals surface area contributed by atoms with E-state index in [1.807, 2.05) is 12.1 Å². The first-order valence-corrected chi connectivity index (χ1v) is 11.3. The van der Waals surface area contributed by atoms with Crippen LogP contribution in [0.4, 0.5) is 0 Å². The largest absolute Gasteiger partial charge is 0.481 e. The zero-order valence-electron chi connectivity index (χ0n) is 19.4. The van der Waals surface area contributed by atoms with Crippen LogP contribution in [0.1, 0.15) is 23.6 Å². The SMILES string of the molecule is C#CCOc1ccc(CCNC(=NCc2ccccc2CN2CCOCC2)NCC)cc1.I. The number of morpholine rings is 1. The lowest BCUT2D eigenvalue weighted by atomic mass is 10.1. The van der Waals surface area contributed by atoms with Gasteiger partial charge in [0.25, 0.3) is 0 Å². The first kappa shape index (κ1) is 27.0. The van der Waals surface area contributed by atoms with Crippen LogP contribution < -0.4 is 15.4 Å². The van der Waals surface area contributed by atoms with Crippen molar-refractivity contribution < 1.29 is 9.47 Å². The number of hydrogen-bond acceptors (Lipinski definition) is 4. The first-order valence-electron chi connectivity index (χ1n) is 11.3. The van der Waals surface area contributed by atoms with Crippen LogP contribution in [-0.2, 0) is 24.2 Å². The van der Waals surface area contributed by atoms with Gasteiger partial charge in [-0.1, -0.05) is 42.3 Å².